The molecular formula is C15H20BrN3O. The maximum atomic E-state index is 12.0. The number of hydrogen-bond donors (Lipinski definition) is 2. The minimum Gasteiger partial charge on any atom is -0.330 e. The molecule has 1 rings (SSSR count). The normalized spacial score (nSPS) is 12.0. The van der Waals surface area contributed by atoms with Crippen molar-refractivity contribution >= 4 is 27.5 Å². The number of nitrogens with two attached hydrogens (primary N) is 1. The first-order valence-electron chi connectivity index (χ1n) is 6.65. The van der Waals surface area contributed by atoms with Gasteiger partial charge in [-0.1, -0.05) is 13.8 Å². The Labute approximate surface area is 128 Å². The Balaban J connectivity index is 2.64. The highest BCUT2D eigenvalue weighted by atomic mass is 79.9. The standard InChI is InChI=1S/C15H20BrN3O/c1-10(2)5-12(9-18)7-15(20)19-14-4-3-11(8-17)6-13(14)16/h3-4,6,10,12H,5,7,9,18H2,1-2H3,(H,19,20). The maximum absolute atomic E-state index is 12.0. The molecule has 1 amide bonds. The fraction of sp³-hybridized carbons (Fsp3) is 0.467. The number of carbonyl (C=O) groups excluding carboxylic acids is 1. The third-order valence-electron chi connectivity index (χ3n) is 2.98. The molecule has 0 heterocycles. The summed E-state index contributed by atoms with van der Waals surface area (Å²) in [6.45, 7) is 4.76. The van der Waals surface area contributed by atoms with Gasteiger partial charge >= 0.3 is 0 Å². The van der Waals surface area contributed by atoms with Crippen molar-refractivity contribution in [2.24, 2.45) is 17.6 Å². The second-order valence-corrected chi connectivity index (χ2v) is 6.14. The molecule has 1 unspecified atom stereocenters. The molecule has 0 spiro atoms. The van der Waals surface area contributed by atoms with Crippen LogP contribution in [0.1, 0.15) is 32.3 Å². The van der Waals surface area contributed by atoms with Crippen LogP contribution in [0.25, 0.3) is 0 Å². The van der Waals surface area contributed by atoms with Gasteiger partial charge in [-0.3, -0.25) is 4.79 Å². The van der Waals surface area contributed by atoms with Crippen LogP contribution in [0.15, 0.2) is 22.7 Å². The summed E-state index contributed by atoms with van der Waals surface area (Å²) in [5, 5.41) is 11.6. The predicted octanol–water partition coefficient (Wildman–Crippen LogP) is 3.27. The maximum Gasteiger partial charge on any atom is 0.224 e. The third-order valence-corrected chi connectivity index (χ3v) is 3.64. The lowest BCUT2D eigenvalue weighted by Crippen LogP contribution is -2.23. The Kier molecular flexibility index (Phi) is 6.69. The highest BCUT2D eigenvalue weighted by Crippen LogP contribution is 2.24. The van der Waals surface area contributed by atoms with Gasteiger partial charge < -0.3 is 11.1 Å². The van der Waals surface area contributed by atoms with Gasteiger partial charge in [0.05, 0.1) is 17.3 Å². The molecule has 0 radical (unpaired) electrons. The van der Waals surface area contributed by atoms with Crippen molar-refractivity contribution in [2.75, 3.05) is 11.9 Å². The van der Waals surface area contributed by atoms with Crippen molar-refractivity contribution in [3.05, 3.63) is 28.2 Å². The predicted molar refractivity (Wildman–Crippen MR) is 84.1 cm³/mol. The first kappa shape index (κ1) is 16.7. The summed E-state index contributed by atoms with van der Waals surface area (Å²) in [5.41, 5.74) is 6.93. The molecule has 0 aliphatic heterocycles. The number of nitriles is 1. The highest BCUT2D eigenvalue weighted by molar-refractivity contribution is 9.10. The molecule has 3 N–H and O–H groups in total. The molecule has 1 aromatic carbocycles. The highest BCUT2D eigenvalue weighted by Gasteiger charge is 2.15. The van der Waals surface area contributed by atoms with Gasteiger partial charge in [0, 0.05) is 10.9 Å². The number of halogens is 1. The second-order valence-electron chi connectivity index (χ2n) is 5.29. The van der Waals surface area contributed by atoms with Crippen molar-refractivity contribution in [1.29, 1.82) is 5.26 Å². The van der Waals surface area contributed by atoms with E-state index in [0.29, 0.717) is 34.6 Å². The van der Waals surface area contributed by atoms with E-state index in [1.807, 2.05) is 0 Å². The summed E-state index contributed by atoms with van der Waals surface area (Å²) in [4.78, 5) is 12.0. The van der Waals surface area contributed by atoms with E-state index < -0.39 is 0 Å². The first-order chi connectivity index (χ1) is 9.46. The largest absolute Gasteiger partial charge is 0.330 e. The molecule has 20 heavy (non-hydrogen) atoms. The van der Waals surface area contributed by atoms with Gasteiger partial charge in [-0.05, 0) is 58.9 Å². The zero-order chi connectivity index (χ0) is 15.1. The number of hydrogen-bond acceptors (Lipinski definition) is 3. The van der Waals surface area contributed by atoms with Crippen LogP contribution in [0.3, 0.4) is 0 Å². The Bertz CT molecular complexity index is 508. The SMILES string of the molecule is CC(C)CC(CN)CC(=O)Nc1ccc(C#N)cc1Br. The quantitative estimate of drug-likeness (QED) is 0.835. The molecule has 1 atom stereocenters. The number of anilines is 1. The van der Waals surface area contributed by atoms with Crippen molar-refractivity contribution in [2.45, 2.75) is 26.7 Å². The van der Waals surface area contributed by atoms with Gasteiger partial charge in [0.1, 0.15) is 0 Å². The average molecular weight is 338 g/mol. The molecule has 5 heteroatoms. The molecule has 108 valence electrons. The Hall–Kier alpha value is -1.38. The van der Waals surface area contributed by atoms with Crippen molar-refractivity contribution in [3.8, 4) is 6.07 Å². The summed E-state index contributed by atoms with van der Waals surface area (Å²) in [6.07, 6.45) is 1.36. The van der Waals surface area contributed by atoms with Crippen LogP contribution >= 0.6 is 15.9 Å². The third kappa shape index (κ3) is 5.32. The minimum atomic E-state index is -0.0495. The first-order valence-corrected chi connectivity index (χ1v) is 7.45. The fourth-order valence-electron chi connectivity index (χ4n) is 2.08. The van der Waals surface area contributed by atoms with Gasteiger partial charge in [0.25, 0.3) is 0 Å². The lowest BCUT2D eigenvalue weighted by Gasteiger charge is -2.17. The molecule has 0 aliphatic rings. The number of carbonyl (C=O) groups is 1. The van der Waals surface area contributed by atoms with E-state index in [-0.39, 0.29) is 11.8 Å². The molecule has 4 nitrogen and oxygen atoms in total. The van der Waals surface area contributed by atoms with E-state index in [1.54, 1.807) is 18.2 Å². The van der Waals surface area contributed by atoms with Gasteiger partial charge in [0.15, 0.2) is 0 Å². The molecule has 1 aromatic rings. The number of nitrogens with one attached hydrogen (secondary N) is 1. The van der Waals surface area contributed by atoms with E-state index in [9.17, 15) is 4.79 Å². The smallest absolute Gasteiger partial charge is 0.224 e. The summed E-state index contributed by atoms with van der Waals surface area (Å²) < 4.78 is 0.707. The molecule has 0 saturated carbocycles. The van der Waals surface area contributed by atoms with Crippen LogP contribution in [0.2, 0.25) is 0 Å². The number of rotatable bonds is 6. The van der Waals surface area contributed by atoms with Crippen LogP contribution in [0, 0.1) is 23.2 Å². The van der Waals surface area contributed by atoms with Gasteiger partial charge in [-0.2, -0.15) is 5.26 Å². The topological polar surface area (TPSA) is 78.9 Å². The fourth-order valence-corrected chi connectivity index (χ4v) is 2.56. The summed E-state index contributed by atoms with van der Waals surface area (Å²) in [5.74, 6) is 0.677. The van der Waals surface area contributed by atoms with E-state index in [1.165, 1.54) is 0 Å². The molecule has 0 saturated heterocycles. The number of nitrogens with zero attached hydrogens (tertiary/aromatic N) is 1. The molecule has 0 aromatic heterocycles. The Morgan fingerprint density at radius 2 is 2.20 bits per heavy atom. The second kappa shape index (κ2) is 8.03. The molecular weight excluding hydrogens is 318 g/mol. The Morgan fingerprint density at radius 1 is 1.50 bits per heavy atom. The summed E-state index contributed by atoms with van der Waals surface area (Å²) in [6, 6.07) is 7.13. The van der Waals surface area contributed by atoms with Crippen molar-refractivity contribution in [1.82, 2.24) is 0 Å². The van der Waals surface area contributed by atoms with Crippen LogP contribution in [0.5, 0.6) is 0 Å². The molecule has 0 fully saturated rings. The van der Waals surface area contributed by atoms with Crippen LogP contribution in [-0.4, -0.2) is 12.5 Å². The lowest BCUT2D eigenvalue weighted by molar-refractivity contribution is -0.117. The van der Waals surface area contributed by atoms with E-state index in [0.717, 1.165) is 6.42 Å². The summed E-state index contributed by atoms with van der Waals surface area (Å²) >= 11 is 3.35. The lowest BCUT2D eigenvalue weighted by atomic mass is 9.94. The van der Waals surface area contributed by atoms with Crippen molar-refractivity contribution < 1.29 is 4.79 Å². The summed E-state index contributed by atoms with van der Waals surface area (Å²) in [7, 11) is 0. The molecule has 0 bridgehead atoms. The van der Waals surface area contributed by atoms with Crippen LogP contribution in [0.4, 0.5) is 5.69 Å². The van der Waals surface area contributed by atoms with Gasteiger partial charge in [-0.15, -0.1) is 0 Å². The zero-order valence-corrected chi connectivity index (χ0v) is 13.4. The molecule has 0 aliphatic carbocycles. The van der Waals surface area contributed by atoms with E-state index >= 15 is 0 Å². The Morgan fingerprint density at radius 3 is 2.70 bits per heavy atom. The van der Waals surface area contributed by atoms with Crippen LogP contribution in [-0.2, 0) is 4.79 Å². The monoisotopic (exact) mass is 337 g/mol. The van der Waals surface area contributed by atoms with E-state index in [2.05, 4.69) is 41.2 Å². The number of amides is 1. The average Bonchev–Trinajstić information content (AvgIpc) is 2.39. The van der Waals surface area contributed by atoms with Crippen molar-refractivity contribution in [3.63, 3.8) is 0 Å². The van der Waals surface area contributed by atoms with Gasteiger partial charge in [0.2, 0.25) is 5.91 Å². The number of benzene rings is 1. The minimum absolute atomic E-state index is 0.0495. The van der Waals surface area contributed by atoms with E-state index in [4.69, 9.17) is 11.0 Å². The zero-order valence-electron chi connectivity index (χ0n) is 11.8. The van der Waals surface area contributed by atoms with Crippen LogP contribution < -0.4 is 11.1 Å². The van der Waals surface area contributed by atoms with Gasteiger partial charge in [-0.25, -0.2) is 0 Å².